The Morgan fingerprint density at radius 3 is 2.84 bits per heavy atom. The second kappa shape index (κ2) is 5.33. The maximum Gasteiger partial charge on any atom is 0.139 e. The molecule has 0 aliphatic carbocycles. The summed E-state index contributed by atoms with van der Waals surface area (Å²) < 4.78 is 5.34. The average molecular weight is 273 g/mol. The van der Waals surface area contributed by atoms with Crippen molar-refractivity contribution >= 4 is 28.4 Å². The summed E-state index contributed by atoms with van der Waals surface area (Å²) in [5.41, 5.74) is 1.92. The molecule has 3 aromatic rings. The Kier molecular flexibility index (Phi) is 3.38. The van der Waals surface area contributed by atoms with Crippen LogP contribution in [-0.4, -0.2) is 11.5 Å². The molecule has 2 aromatic heterocycles. The summed E-state index contributed by atoms with van der Waals surface area (Å²) in [5, 5.41) is 4.15. The highest BCUT2D eigenvalue weighted by Crippen LogP contribution is 2.24. The molecule has 1 N–H and O–H groups in total. The smallest absolute Gasteiger partial charge is 0.139 e. The van der Waals surface area contributed by atoms with Crippen molar-refractivity contribution < 1.29 is 4.42 Å². The number of alkyl halides is 1. The number of rotatable bonds is 4. The lowest BCUT2D eigenvalue weighted by atomic mass is 10.1. The van der Waals surface area contributed by atoms with Crippen molar-refractivity contribution in [2.45, 2.75) is 5.38 Å². The fourth-order valence-electron chi connectivity index (χ4n) is 2.00. The van der Waals surface area contributed by atoms with Gasteiger partial charge in [-0.2, -0.15) is 0 Å². The van der Waals surface area contributed by atoms with Gasteiger partial charge in [-0.1, -0.05) is 30.3 Å². The number of hydrogen-bond donors (Lipinski definition) is 1. The van der Waals surface area contributed by atoms with Gasteiger partial charge in [0.1, 0.15) is 11.4 Å². The Morgan fingerprint density at radius 1 is 1.16 bits per heavy atom. The highest BCUT2D eigenvalue weighted by Gasteiger charge is 2.09. The number of pyridine rings is 1. The van der Waals surface area contributed by atoms with E-state index in [-0.39, 0.29) is 5.38 Å². The van der Waals surface area contributed by atoms with Gasteiger partial charge in [0.2, 0.25) is 0 Å². The maximum absolute atomic E-state index is 6.37. The number of anilines is 1. The lowest BCUT2D eigenvalue weighted by Gasteiger charge is -2.12. The van der Waals surface area contributed by atoms with Crippen molar-refractivity contribution in [1.82, 2.24) is 4.98 Å². The molecule has 3 nitrogen and oxygen atoms in total. The van der Waals surface area contributed by atoms with Crippen LogP contribution in [0.1, 0.15) is 10.9 Å². The minimum absolute atomic E-state index is 0.0924. The number of benzene rings is 1. The van der Waals surface area contributed by atoms with Crippen LogP contribution in [0.15, 0.2) is 59.3 Å². The number of furan rings is 1. The standard InChI is InChI=1S/C15H13ClN2O/c16-13(11-4-2-1-3-5-11)10-18-15-12-7-9-19-14(12)6-8-17-15/h1-9,13H,10H2,(H,17,18). The van der Waals surface area contributed by atoms with Crippen LogP contribution < -0.4 is 5.32 Å². The van der Waals surface area contributed by atoms with E-state index in [1.807, 2.05) is 42.5 Å². The van der Waals surface area contributed by atoms with E-state index in [2.05, 4.69) is 10.3 Å². The predicted octanol–water partition coefficient (Wildman–Crippen LogP) is 4.22. The number of aromatic nitrogens is 1. The zero-order valence-electron chi connectivity index (χ0n) is 10.2. The van der Waals surface area contributed by atoms with Crippen molar-refractivity contribution in [3.05, 3.63) is 60.5 Å². The van der Waals surface area contributed by atoms with Gasteiger partial charge in [-0.15, -0.1) is 11.6 Å². The molecule has 0 radical (unpaired) electrons. The molecule has 96 valence electrons. The quantitative estimate of drug-likeness (QED) is 0.723. The number of hydrogen-bond acceptors (Lipinski definition) is 3. The minimum atomic E-state index is -0.0924. The molecule has 4 heteroatoms. The molecule has 19 heavy (non-hydrogen) atoms. The Balaban J connectivity index is 1.74. The molecule has 1 unspecified atom stereocenters. The SMILES string of the molecule is ClC(CNc1nccc2occc12)c1ccccc1. The van der Waals surface area contributed by atoms with Gasteiger partial charge in [-0.25, -0.2) is 4.98 Å². The second-order valence-electron chi connectivity index (χ2n) is 4.25. The zero-order valence-corrected chi connectivity index (χ0v) is 11.0. The molecule has 0 saturated carbocycles. The molecule has 0 aliphatic heterocycles. The third-order valence-corrected chi connectivity index (χ3v) is 3.40. The monoisotopic (exact) mass is 272 g/mol. The molecule has 0 fully saturated rings. The number of nitrogens with one attached hydrogen (secondary N) is 1. The predicted molar refractivity (Wildman–Crippen MR) is 77.5 cm³/mol. The first-order chi connectivity index (χ1) is 9.34. The molecule has 2 heterocycles. The van der Waals surface area contributed by atoms with Crippen LogP contribution in [0, 0.1) is 0 Å². The Morgan fingerprint density at radius 2 is 2.00 bits per heavy atom. The van der Waals surface area contributed by atoms with Crippen LogP contribution in [0.2, 0.25) is 0 Å². The molecular weight excluding hydrogens is 260 g/mol. The van der Waals surface area contributed by atoms with Gasteiger partial charge in [-0.05, 0) is 17.7 Å². The molecule has 3 rings (SSSR count). The van der Waals surface area contributed by atoms with E-state index >= 15 is 0 Å². The topological polar surface area (TPSA) is 38.1 Å². The molecule has 1 atom stereocenters. The van der Waals surface area contributed by atoms with Crippen LogP contribution in [0.5, 0.6) is 0 Å². The van der Waals surface area contributed by atoms with Gasteiger partial charge in [0.15, 0.2) is 0 Å². The molecule has 0 aliphatic rings. The maximum atomic E-state index is 6.37. The van der Waals surface area contributed by atoms with Crippen LogP contribution >= 0.6 is 11.6 Å². The number of fused-ring (bicyclic) bond motifs is 1. The Hall–Kier alpha value is -2.00. The molecule has 0 spiro atoms. The van der Waals surface area contributed by atoms with Gasteiger partial charge in [0, 0.05) is 12.7 Å². The summed E-state index contributed by atoms with van der Waals surface area (Å²) in [6, 6.07) is 13.7. The molecular formula is C15H13ClN2O. The van der Waals surface area contributed by atoms with Gasteiger partial charge >= 0.3 is 0 Å². The van der Waals surface area contributed by atoms with E-state index in [1.54, 1.807) is 12.5 Å². The summed E-state index contributed by atoms with van der Waals surface area (Å²) >= 11 is 6.37. The van der Waals surface area contributed by atoms with Crippen molar-refractivity contribution in [2.24, 2.45) is 0 Å². The normalized spacial score (nSPS) is 12.5. The van der Waals surface area contributed by atoms with E-state index < -0.39 is 0 Å². The Bertz CT molecular complexity index is 666. The summed E-state index contributed by atoms with van der Waals surface area (Å²) in [6.07, 6.45) is 3.38. The van der Waals surface area contributed by atoms with E-state index in [0.717, 1.165) is 22.4 Å². The molecule has 0 amide bonds. The third-order valence-electron chi connectivity index (χ3n) is 2.99. The number of nitrogens with zero attached hydrogens (tertiary/aromatic N) is 1. The largest absolute Gasteiger partial charge is 0.464 e. The average Bonchev–Trinajstić information content (AvgIpc) is 2.94. The first-order valence-electron chi connectivity index (χ1n) is 6.10. The highest BCUT2D eigenvalue weighted by molar-refractivity contribution is 6.21. The van der Waals surface area contributed by atoms with E-state index in [9.17, 15) is 0 Å². The lowest BCUT2D eigenvalue weighted by Crippen LogP contribution is -2.09. The van der Waals surface area contributed by atoms with Crippen LogP contribution in [0.25, 0.3) is 11.0 Å². The number of halogens is 1. The van der Waals surface area contributed by atoms with Gasteiger partial charge in [0.05, 0.1) is 17.0 Å². The fraction of sp³-hybridized carbons (Fsp3) is 0.133. The van der Waals surface area contributed by atoms with Gasteiger partial charge < -0.3 is 9.73 Å². The zero-order chi connectivity index (χ0) is 13.1. The summed E-state index contributed by atoms with van der Waals surface area (Å²) in [7, 11) is 0. The van der Waals surface area contributed by atoms with Crippen molar-refractivity contribution in [2.75, 3.05) is 11.9 Å². The summed E-state index contributed by atoms with van der Waals surface area (Å²) in [5.74, 6) is 0.799. The van der Waals surface area contributed by atoms with E-state index in [0.29, 0.717) is 6.54 Å². The van der Waals surface area contributed by atoms with Crippen LogP contribution in [-0.2, 0) is 0 Å². The summed E-state index contributed by atoms with van der Waals surface area (Å²) in [6.45, 7) is 0.614. The Labute approximate surface area is 116 Å². The third kappa shape index (κ3) is 2.56. The molecule has 0 saturated heterocycles. The van der Waals surface area contributed by atoms with Crippen molar-refractivity contribution in [3.8, 4) is 0 Å². The molecule has 1 aromatic carbocycles. The first kappa shape index (κ1) is 12.1. The first-order valence-corrected chi connectivity index (χ1v) is 6.53. The second-order valence-corrected chi connectivity index (χ2v) is 4.78. The van der Waals surface area contributed by atoms with Crippen molar-refractivity contribution in [3.63, 3.8) is 0 Å². The summed E-state index contributed by atoms with van der Waals surface area (Å²) in [4.78, 5) is 4.31. The van der Waals surface area contributed by atoms with Crippen molar-refractivity contribution in [1.29, 1.82) is 0 Å². The van der Waals surface area contributed by atoms with Crippen LogP contribution in [0.4, 0.5) is 5.82 Å². The molecule has 0 bridgehead atoms. The minimum Gasteiger partial charge on any atom is -0.464 e. The van der Waals surface area contributed by atoms with E-state index in [1.165, 1.54) is 0 Å². The van der Waals surface area contributed by atoms with Gasteiger partial charge in [-0.3, -0.25) is 0 Å². The van der Waals surface area contributed by atoms with Gasteiger partial charge in [0.25, 0.3) is 0 Å². The fourth-order valence-corrected chi connectivity index (χ4v) is 2.22. The lowest BCUT2D eigenvalue weighted by molar-refractivity contribution is 0.615. The highest BCUT2D eigenvalue weighted by atomic mass is 35.5. The van der Waals surface area contributed by atoms with E-state index in [4.69, 9.17) is 16.0 Å². The van der Waals surface area contributed by atoms with Crippen LogP contribution in [0.3, 0.4) is 0 Å².